The van der Waals surface area contributed by atoms with Crippen molar-refractivity contribution >= 4 is 11.8 Å². The van der Waals surface area contributed by atoms with Crippen LogP contribution in [0.15, 0.2) is 36.7 Å². The van der Waals surface area contributed by atoms with Gasteiger partial charge in [-0.15, -0.1) is 0 Å². The van der Waals surface area contributed by atoms with Gasteiger partial charge in [0.1, 0.15) is 17.7 Å². The molecule has 7 nitrogen and oxygen atoms in total. The zero-order valence-corrected chi connectivity index (χ0v) is 19.0. The van der Waals surface area contributed by atoms with Crippen molar-refractivity contribution in [2.45, 2.75) is 57.5 Å². The Morgan fingerprint density at radius 2 is 1.85 bits per heavy atom. The van der Waals surface area contributed by atoms with Gasteiger partial charge in [-0.05, 0) is 61.9 Å². The number of amides is 2. The van der Waals surface area contributed by atoms with Gasteiger partial charge < -0.3 is 14.5 Å². The molecule has 0 radical (unpaired) electrons. The molecular formula is C25H33FN4O3. The summed E-state index contributed by atoms with van der Waals surface area (Å²) in [6.07, 6.45) is 9.79. The number of nitrogens with zero attached hydrogens (tertiary/aromatic N) is 3. The molecule has 2 aliphatic heterocycles. The van der Waals surface area contributed by atoms with Crippen LogP contribution in [0.2, 0.25) is 0 Å². The normalized spacial score (nSPS) is 21.1. The van der Waals surface area contributed by atoms with Crippen molar-refractivity contribution in [2.75, 3.05) is 26.2 Å². The molecule has 1 aromatic heterocycles. The molecule has 8 heteroatoms. The van der Waals surface area contributed by atoms with Crippen LogP contribution in [0, 0.1) is 11.7 Å². The molecule has 2 atom stereocenters. The lowest BCUT2D eigenvalue weighted by Crippen LogP contribution is -2.49. The maximum atomic E-state index is 13.3. The van der Waals surface area contributed by atoms with Crippen molar-refractivity contribution in [3.63, 3.8) is 0 Å². The van der Waals surface area contributed by atoms with Gasteiger partial charge in [0.25, 0.3) is 0 Å². The number of ether oxygens (including phenoxy) is 1. The van der Waals surface area contributed by atoms with Crippen LogP contribution in [-0.2, 0) is 16.0 Å². The van der Waals surface area contributed by atoms with Crippen molar-refractivity contribution in [3.8, 4) is 5.75 Å². The molecule has 0 aliphatic carbocycles. The van der Waals surface area contributed by atoms with Gasteiger partial charge in [-0.2, -0.15) is 5.10 Å². The Morgan fingerprint density at radius 3 is 2.58 bits per heavy atom. The summed E-state index contributed by atoms with van der Waals surface area (Å²) in [5.41, 5.74) is 1.10. The largest absolute Gasteiger partial charge is 0.490 e. The van der Waals surface area contributed by atoms with Crippen molar-refractivity contribution < 1.29 is 18.7 Å². The minimum atomic E-state index is -0.310. The van der Waals surface area contributed by atoms with E-state index >= 15 is 0 Å². The van der Waals surface area contributed by atoms with Gasteiger partial charge in [-0.25, -0.2) is 4.39 Å². The quantitative estimate of drug-likeness (QED) is 0.659. The van der Waals surface area contributed by atoms with Crippen molar-refractivity contribution in [1.82, 2.24) is 20.0 Å². The molecule has 0 unspecified atom stereocenters. The van der Waals surface area contributed by atoms with Gasteiger partial charge in [0, 0.05) is 57.6 Å². The molecular weight excluding hydrogens is 423 g/mol. The number of benzene rings is 1. The number of H-pyrrole nitrogens is 1. The maximum absolute atomic E-state index is 13.3. The smallest absolute Gasteiger partial charge is 0.223 e. The fraction of sp³-hybridized carbons (Fsp3) is 0.560. The van der Waals surface area contributed by atoms with Crippen molar-refractivity contribution in [2.24, 2.45) is 5.92 Å². The van der Waals surface area contributed by atoms with Crippen LogP contribution in [0.5, 0.6) is 5.75 Å². The summed E-state index contributed by atoms with van der Waals surface area (Å²) >= 11 is 0. The van der Waals surface area contributed by atoms with Gasteiger partial charge in [0.05, 0.1) is 6.20 Å². The molecule has 2 amide bonds. The fourth-order valence-electron chi connectivity index (χ4n) is 4.79. The van der Waals surface area contributed by atoms with E-state index in [9.17, 15) is 14.0 Å². The number of hydrogen-bond acceptors (Lipinski definition) is 4. The standard InChI is InChI=1S/C25H33FN4O3/c26-21-7-9-22(10-8-21)33-23-11-14-30(24(31)6-4-5-19-16-27-28-17-19)18-20(23)15-25(32)29-12-2-1-3-13-29/h7-10,16-17,20,23H,1-6,11-15,18H2,(H,27,28)/t20-,23-/m0/s1. The third kappa shape index (κ3) is 6.55. The van der Waals surface area contributed by atoms with Gasteiger partial charge >= 0.3 is 0 Å². The Kier molecular flexibility index (Phi) is 7.96. The molecule has 3 heterocycles. The summed E-state index contributed by atoms with van der Waals surface area (Å²) in [4.78, 5) is 29.7. The average molecular weight is 457 g/mol. The number of carbonyl (C=O) groups excluding carboxylic acids is 2. The Balaban J connectivity index is 1.37. The zero-order chi connectivity index (χ0) is 23.0. The highest BCUT2D eigenvalue weighted by molar-refractivity contribution is 5.78. The number of aromatic amines is 1. The van der Waals surface area contributed by atoms with Crippen LogP contribution in [0.3, 0.4) is 0 Å². The number of aromatic nitrogens is 2. The van der Waals surface area contributed by atoms with Gasteiger partial charge in [-0.1, -0.05) is 0 Å². The molecule has 1 N–H and O–H groups in total. The summed E-state index contributed by atoms with van der Waals surface area (Å²) in [5, 5.41) is 6.74. The van der Waals surface area contributed by atoms with E-state index in [4.69, 9.17) is 4.74 Å². The van der Waals surface area contributed by atoms with Crippen LogP contribution >= 0.6 is 0 Å². The lowest BCUT2D eigenvalue weighted by Gasteiger charge is -2.39. The van der Waals surface area contributed by atoms with Crippen LogP contribution < -0.4 is 4.74 Å². The highest BCUT2D eigenvalue weighted by atomic mass is 19.1. The average Bonchev–Trinajstić information content (AvgIpc) is 3.35. The number of hydrogen-bond donors (Lipinski definition) is 1. The van der Waals surface area contributed by atoms with E-state index in [2.05, 4.69) is 10.2 Å². The van der Waals surface area contributed by atoms with Gasteiger partial charge in [-0.3, -0.25) is 14.7 Å². The van der Waals surface area contributed by atoms with E-state index in [1.165, 1.54) is 18.6 Å². The fourth-order valence-corrected chi connectivity index (χ4v) is 4.79. The highest BCUT2D eigenvalue weighted by Gasteiger charge is 2.35. The number of carbonyl (C=O) groups is 2. The molecule has 2 aromatic rings. The predicted molar refractivity (Wildman–Crippen MR) is 122 cm³/mol. The maximum Gasteiger partial charge on any atom is 0.223 e. The summed E-state index contributed by atoms with van der Waals surface area (Å²) in [6.45, 7) is 2.73. The lowest BCUT2D eigenvalue weighted by atomic mass is 9.90. The number of nitrogens with one attached hydrogen (secondary N) is 1. The first-order valence-electron chi connectivity index (χ1n) is 12.0. The summed E-state index contributed by atoms with van der Waals surface area (Å²) < 4.78 is 19.5. The Labute approximate surface area is 194 Å². The second-order valence-corrected chi connectivity index (χ2v) is 9.10. The monoisotopic (exact) mass is 456 g/mol. The summed E-state index contributed by atoms with van der Waals surface area (Å²) in [7, 11) is 0. The van der Waals surface area contributed by atoms with Crippen molar-refractivity contribution in [1.29, 1.82) is 0 Å². The Morgan fingerprint density at radius 1 is 1.06 bits per heavy atom. The molecule has 2 fully saturated rings. The van der Waals surface area contributed by atoms with E-state index < -0.39 is 0 Å². The number of aryl methyl sites for hydroxylation is 1. The first kappa shape index (κ1) is 23.3. The number of halogens is 1. The number of likely N-dealkylation sites (tertiary alicyclic amines) is 2. The third-order valence-electron chi connectivity index (χ3n) is 6.67. The van der Waals surface area contributed by atoms with Crippen LogP contribution in [0.25, 0.3) is 0 Å². The molecule has 178 valence electrons. The lowest BCUT2D eigenvalue weighted by molar-refractivity contribution is -0.139. The molecule has 0 spiro atoms. The van der Waals surface area contributed by atoms with E-state index in [0.717, 1.165) is 44.3 Å². The van der Waals surface area contributed by atoms with E-state index in [-0.39, 0.29) is 29.7 Å². The predicted octanol–water partition coefficient (Wildman–Crippen LogP) is 3.57. The topological polar surface area (TPSA) is 78.5 Å². The second kappa shape index (κ2) is 11.3. The number of piperidine rings is 2. The summed E-state index contributed by atoms with van der Waals surface area (Å²) in [5.74, 6) is 0.457. The van der Waals surface area contributed by atoms with E-state index in [0.29, 0.717) is 38.1 Å². The zero-order valence-electron chi connectivity index (χ0n) is 19.0. The molecule has 1 aromatic carbocycles. The second-order valence-electron chi connectivity index (χ2n) is 9.10. The van der Waals surface area contributed by atoms with Crippen LogP contribution in [0.1, 0.15) is 50.5 Å². The van der Waals surface area contributed by atoms with Gasteiger partial charge in [0.2, 0.25) is 11.8 Å². The Hall–Kier alpha value is -2.90. The molecule has 2 saturated heterocycles. The highest BCUT2D eigenvalue weighted by Crippen LogP contribution is 2.27. The van der Waals surface area contributed by atoms with Crippen molar-refractivity contribution in [3.05, 3.63) is 48.0 Å². The van der Waals surface area contributed by atoms with Gasteiger partial charge in [0.15, 0.2) is 0 Å². The first-order valence-corrected chi connectivity index (χ1v) is 12.0. The molecule has 0 bridgehead atoms. The third-order valence-corrected chi connectivity index (χ3v) is 6.67. The first-order chi connectivity index (χ1) is 16.1. The minimum Gasteiger partial charge on any atom is -0.490 e. The van der Waals surface area contributed by atoms with E-state index in [1.807, 2.05) is 16.0 Å². The van der Waals surface area contributed by atoms with E-state index in [1.54, 1.807) is 18.3 Å². The minimum absolute atomic E-state index is 0.0870. The number of rotatable bonds is 8. The molecule has 0 saturated carbocycles. The molecule has 2 aliphatic rings. The van der Waals surface area contributed by atoms with Crippen LogP contribution in [-0.4, -0.2) is 64.1 Å². The van der Waals surface area contributed by atoms with Crippen LogP contribution in [0.4, 0.5) is 4.39 Å². The molecule has 4 rings (SSSR count). The molecule has 33 heavy (non-hydrogen) atoms. The Bertz CT molecular complexity index is 897. The summed E-state index contributed by atoms with van der Waals surface area (Å²) in [6, 6.07) is 5.99. The SMILES string of the molecule is O=C(C[C@H]1CN(C(=O)CCCc2cn[nH]c2)CC[C@@H]1Oc1ccc(F)cc1)N1CCCCC1.